The van der Waals surface area contributed by atoms with E-state index in [1.807, 2.05) is 79.3 Å². The maximum atomic E-state index is 13.3. The molecular formula is C25H21N3O2S2. The lowest BCUT2D eigenvalue weighted by atomic mass is 10.1. The van der Waals surface area contributed by atoms with Gasteiger partial charge in [0.2, 0.25) is 0 Å². The Labute approximate surface area is 191 Å². The normalized spacial score (nSPS) is 11.8. The number of hydrogen-bond donors (Lipinski definition) is 0. The minimum absolute atomic E-state index is 0.271. The summed E-state index contributed by atoms with van der Waals surface area (Å²) >= 11 is 1.59. The monoisotopic (exact) mass is 459 g/mol. The van der Waals surface area contributed by atoms with Crippen molar-refractivity contribution in [3.8, 4) is 11.3 Å². The molecule has 0 aliphatic rings. The van der Waals surface area contributed by atoms with Crippen molar-refractivity contribution in [3.05, 3.63) is 96.8 Å². The van der Waals surface area contributed by atoms with Crippen LogP contribution in [0, 0.1) is 6.92 Å². The first-order chi connectivity index (χ1) is 15.4. The lowest BCUT2D eigenvalue weighted by Gasteiger charge is -2.10. The minimum atomic E-state index is -3.69. The predicted molar refractivity (Wildman–Crippen MR) is 128 cm³/mol. The highest BCUT2D eigenvalue weighted by Gasteiger charge is 2.21. The molecule has 0 spiro atoms. The molecule has 2 heterocycles. The zero-order valence-electron chi connectivity index (χ0n) is 17.6. The molecule has 2 aromatic heterocycles. The highest BCUT2D eigenvalue weighted by atomic mass is 32.2. The van der Waals surface area contributed by atoms with Gasteiger partial charge in [0.15, 0.2) is 5.16 Å². The smallest absolute Gasteiger partial charge is 0.268 e. The molecule has 0 saturated carbocycles. The quantitative estimate of drug-likeness (QED) is 0.336. The molecule has 3 aromatic carbocycles. The van der Waals surface area contributed by atoms with Gasteiger partial charge in [-0.1, -0.05) is 59.8 Å². The molecule has 5 rings (SSSR count). The molecular weight excluding hydrogens is 438 g/mol. The predicted octanol–water partition coefficient (Wildman–Crippen LogP) is 5.74. The maximum Gasteiger partial charge on any atom is 0.268 e. The summed E-state index contributed by atoms with van der Waals surface area (Å²) in [5.41, 5.74) is 3.53. The second-order valence-electron chi connectivity index (χ2n) is 7.57. The number of fused-ring (bicyclic) bond motifs is 1. The number of rotatable bonds is 5. The first kappa shape index (κ1) is 20.6. The van der Waals surface area contributed by atoms with Crippen molar-refractivity contribution in [2.45, 2.75) is 21.9 Å². The van der Waals surface area contributed by atoms with Crippen LogP contribution in [0.3, 0.4) is 0 Å². The van der Waals surface area contributed by atoms with Crippen molar-refractivity contribution in [2.75, 3.05) is 0 Å². The van der Waals surface area contributed by atoms with Crippen molar-refractivity contribution in [3.63, 3.8) is 0 Å². The van der Waals surface area contributed by atoms with Gasteiger partial charge in [0.05, 0.1) is 22.3 Å². The van der Waals surface area contributed by atoms with E-state index in [2.05, 4.69) is 17.1 Å². The zero-order valence-corrected chi connectivity index (χ0v) is 19.3. The minimum Gasteiger partial charge on any atom is -0.322 e. The first-order valence-electron chi connectivity index (χ1n) is 10.1. The van der Waals surface area contributed by atoms with Crippen molar-refractivity contribution in [1.82, 2.24) is 13.5 Å². The fraction of sp³-hybridized carbons (Fsp3) is 0.0800. The van der Waals surface area contributed by atoms with Crippen LogP contribution in [0.15, 0.2) is 106 Å². The van der Waals surface area contributed by atoms with Crippen molar-refractivity contribution >= 4 is 32.7 Å². The fourth-order valence-electron chi connectivity index (χ4n) is 3.73. The molecule has 5 nitrogen and oxygen atoms in total. The number of nitrogens with zero attached hydrogens (tertiary/aromatic N) is 3. The Hall–Kier alpha value is -3.29. The first-order valence-corrected chi connectivity index (χ1v) is 12.4. The molecule has 0 bridgehead atoms. The van der Waals surface area contributed by atoms with E-state index < -0.39 is 10.0 Å². The van der Waals surface area contributed by atoms with Crippen LogP contribution in [-0.4, -0.2) is 21.9 Å². The third kappa shape index (κ3) is 3.53. The van der Waals surface area contributed by atoms with Gasteiger partial charge in [0.25, 0.3) is 10.0 Å². The Bertz CT molecular complexity index is 1520. The molecule has 5 aromatic rings. The van der Waals surface area contributed by atoms with E-state index in [9.17, 15) is 8.42 Å². The van der Waals surface area contributed by atoms with Gasteiger partial charge in [-0.2, -0.15) is 0 Å². The van der Waals surface area contributed by atoms with Gasteiger partial charge in [-0.25, -0.2) is 17.4 Å². The largest absolute Gasteiger partial charge is 0.322 e. The van der Waals surface area contributed by atoms with Crippen LogP contribution in [-0.2, 0) is 17.1 Å². The molecule has 0 N–H and O–H groups in total. The summed E-state index contributed by atoms with van der Waals surface area (Å²) in [7, 11) is -1.71. The third-order valence-electron chi connectivity index (χ3n) is 5.45. The van der Waals surface area contributed by atoms with Crippen molar-refractivity contribution < 1.29 is 8.42 Å². The molecule has 0 radical (unpaired) electrons. The molecule has 0 aliphatic heterocycles. The van der Waals surface area contributed by atoms with Crippen LogP contribution in [0.2, 0.25) is 0 Å². The lowest BCUT2D eigenvalue weighted by Crippen LogP contribution is -2.11. The van der Waals surface area contributed by atoms with Gasteiger partial charge in [0.1, 0.15) is 0 Å². The van der Waals surface area contributed by atoms with Gasteiger partial charge in [-0.05, 0) is 43.3 Å². The summed E-state index contributed by atoms with van der Waals surface area (Å²) in [5, 5.41) is 1.73. The Morgan fingerprint density at radius 1 is 0.875 bits per heavy atom. The summed E-state index contributed by atoms with van der Waals surface area (Å²) in [4.78, 5) is 5.99. The van der Waals surface area contributed by atoms with Gasteiger partial charge in [0, 0.05) is 29.1 Å². The number of aromatic nitrogens is 3. The standard InChI is InChI=1S/C25H21N3O2S2/c1-18-11-13-20(14-12-18)32(29,30)28-16-15-22-21(9-6-10-23(22)28)24-17-26-25(27(24)2)31-19-7-4-3-5-8-19/h3-17H,1-2H3. The lowest BCUT2D eigenvalue weighted by molar-refractivity contribution is 0.589. The zero-order chi connectivity index (χ0) is 22.3. The number of hydrogen-bond acceptors (Lipinski definition) is 4. The third-order valence-corrected chi connectivity index (χ3v) is 8.22. The maximum absolute atomic E-state index is 13.3. The molecule has 0 unspecified atom stereocenters. The SMILES string of the molecule is Cc1ccc(S(=O)(=O)n2ccc3c(-c4cnc(Sc5ccccc5)n4C)cccc32)cc1. The second-order valence-corrected chi connectivity index (χ2v) is 10.4. The van der Waals surface area contributed by atoms with E-state index in [-0.39, 0.29) is 4.90 Å². The Morgan fingerprint density at radius 2 is 1.62 bits per heavy atom. The highest BCUT2D eigenvalue weighted by molar-refractivity contribution is 7.99. The van der Waals surface area contributed by atoms with Gasteiger partial charge in [-0.15, -0.1) is 0 Å². The average Bonchev–Trinajstić information content (AvgIpc) is 3.39. The fourth-order valence-corrected chi connectivity index (χ4v) is 5.92. The molecule has 0 atom stereocenters. The summed E-state index contributed by atoms with van der Waals surface area (Å²) < 4.78 is 30.0. The Balaban J connectivity index is 1.58. The summed E-state index contributed by atoms with van der Waals surface area (Å²) in [5.74, 6) is 0. The van der Waals surface area contributed by atoms with Crippen LogP contribution in [0.25, 0.3) is 22.2 Å². The molecule has 160 valence electrons. The van der Waals surface area contributed by atoms with E-state index >= 15 is 0 Å². The molecule has 7 heteroatoms. The van der Waals surface area contributed by atoms with Crippen LogP contribution < -0.4 is 0 Å². The highest BCUT2D eigenvalue weighted by Crippen LogP contribution is 2.34. The Kier molecular flexibility index (Phi) is 5.15. The van der Waals surface area contributed by atoms with Crippen molar-refractivity contribution in [2.24, 2.45) is 7.05 Å². The second kappa shape index (κ2) is 8.00. The average molecular weight is 460 g/mol. The summed E-state index contributed by atoms with van der Waals surface area (Å²) in [6.07, 6.45) is 3.46. The van der Waals surface area contributed by atoms with E-state index in [1.165, 1.54) is 3.97 Å². The van der Waals surface area contributed by atoms with Crippen LogP contribution in [0.5, 0.6) is 0 Å². The van der Waals surface area contributed by atoms with Crippen LogP contribution in [0.1, 0.15) is 5.56 Å². The van der Waals surface area contributed by atoms with Gasteiger partial charge < -0.3 is 4.57 Å². The molecule has 0 fully saturated rings. The molecule has 0 aliphatic carbocycles. The molecule has 0 saturated heterocycles. The van der Waals surface area contributed by atoms with E-state index in [4.69, 9.17) is 0 Å². The summed E-state index contributed by atoms with van der Waals surface area (Å²) in [6, 6.07) is 24.6. The van der Waals surface area contributed by atoms with Crippen LogP contribution in [0.4, 0.5) is 0 Å². The number of imidazole rings is 1. The molecule has 0 amide bonds. The van der Waals surface area contributed by atoms with E-state index in [0.29, 0.717) is 5.52 Å². The van der Waals surface area contributed by atoms with Crippen molar-refractivity contribution in [1.29, 1.82) is 0 Å². The number of benzene rings is 3. The van der Waals surface area contributed by atoms with Crippen LogP contribution >= 0.6 is 11.8 Å². The number of aryl methyl sites for hydroxylation is 1. The van der Waals surface area contributed by atoms with E-state index in [0.717, 1.165) is 32.3 Å². The molecule has 32 heavy (non-hydrogen) atoms. The summed E-state index contributed by atoms with van der Waals surface area (Å²) in [6.45, 7) is 1.94. The Morgan fingerprint density at radius 3 is 2.38 bits per heavy atom. The van der Waals surface area contributed by atoms with Gasteiger partial charge in [-0.3, -0.25) is 0 Å². The van der Waals surface area contributed by atoms with Gasteiger partial charge >= 0.3 is 0 Å². The topological polar surface area (TPSA) is 56.9 Å². The van der Waals surface area contributed by atoms with E-state index in [1.54, 1.807) is 30.1 Å².